The standard InChI is InChI=1S/C27H24N4O2/c1-33-24-14-8-6-12-21(24)25-22(17-30(29-25)18-9-3-2-4-10-18)26-28-23-13-7-5-11-20(23)27(32)31(26)19-15-16-19/h2-14,17,19,26,28H,15-16H2,1H3/t26-/m1/s1. The number of ether oxygens (including phenoxy) is 1. The van der Waals surface area contributed by atoms with E-state index in [1.54, 1.807) is 7.11 Å². The van der Waals surface area contributed by atoms with Crippen LogP contribution < -0.4 is 10.1 Å². The first kappa shape index (κ1) is 19.6. The number of amides is 1. The van der Waals surface area contributed by atoms with Crippen molar-refractivity contribution in [2.24, 2.45) is 0 Å². The molecule has 0 unspecified atom stereocenters. The topological polar surface area (TPSA) is 59.4 Å². The number of hydrogen-bond donors (Lipinski definition) is 1. The third-order valence-electron chi connectivity index (χ3n) is 6.32. The summed E-state index contributed by atoms with van der Waals surface area (Å²) < 4.78 is 7.55. The van der Waals surface area contributed by atoms with Gasteiger partial charge in [-0.1, -0.05) is 42.5 Å². The molecule has 1 fully saturated rings. The van der Waals surface area contributed by atoms with Crippen molar-refractivity contribution in [2.45, 2.75) is 25.0 Å². The molecule has 1 aliphatic carbocycles. The van der Waals surface area contributed by atoms with E-state index in [-0.39, 0.29) is 18.1 Å². The highest BCUT2D eigenvalue weighted by atomic mass is 16.5. The van der Waals surface area contributed by atoms with Crippen LogP contribution >= 0.6 is 0 Å². The Hall–Kier alpha value is -4.06. The van der Waals surface area contributed by atoms with E-state index in [9.17, 15) is 4.79 Å². The zero-order chi connectivity index (χ0) is 22.4. The van der Waals surface area contributed by atoms with Crippen LogP contribution in [-0.2, 0) is 0 Å². The van der Waals surface area contributed by atoms with Crippen LogP contribution in [0.1, 0.15) is 34.9 Å². The van der Waals surface area contributed by atoms with Crippen LogP contribution in [0.15, 0.2) is 85.1 Å². The predicted octanol–water partition coefficient (Wildman–Crippen LogP) is 5.28. The lowest BCUT2D eigenvalue weighted by Gasteiger charge is -2.38. The lowest BCUT2D eigenvalue weighted by molar-refractivity contribution is 0.0667. The number of para-hydroxylation sites is 3. The highest BCUT2D eigenvalue weighted by Crippen LogP contribution is 2.44. The van der Waals surface area contributed by atoms with Gasteiger partial charge >= 0.3 is 0 Å². The molecule has 6 heteroatoms. The number of hydrogen-bond acceptors (Lipinski definition) is 4. The molecule has 0 bridgehead atoms. The number of anilines is 1. The monoisotopic (exact) mass is 436 g/mol. The summed E-state index contributed by atoms with van der Waals surface area (Å²) in [5.74, 6) is 0.813. The number of nitrogens with one attached hydrogen (secondary N) is 1. The number of nitrogens with zero attached hydrogens (tertiary/aromatic N) is 3. The number of methoxy groups -OCH3 is 1. The lowest BCUT2D eigenvalue weighted by atomic mass is 10.0. The van der Waals surface area contributed by atoms with Gasteiger partial charge in [0, 0.05) is 29.1 Å². The van der Waals surface area contributed by atoms with Crippen molar-refractivity contribution < 1.29 is 9.53 Å². The summed E-state index contributed by atoms with van der Waals surface area (Å²) in [5, 5.41) is 8.63. The summed E-state index contributed by atoms with van der Waals surface area (Å²) >= 11 is 0. The Morgan fingerprint density at radius 2 is 1.61 bits per heavy atom. The van der Waals surface area contributed by atoms with Gasteiger partial charge in [-0.05, 0) is 49.2 Å². The van der Waals surface area contributed by atoms with Crippen LogP contribution in [-0.4, -0.2) is 33.7 Å². The van der Waals surface area contributed by atoms with Gasteiger partial charge in [0.25, 0.3) is 5.91 Å². The fourth-order valence-corrected chi connectivity index (χ4v) is 4.58. The molecule has 164 valence electrons. The summed E-state index contributed by atoms with van der Waals surface area (Å²) in [7, 11) is 1.67. The summed E-state index contributed by atoms with van der Waals surface area (Å²) in [4.78, 5) is 15.6. The molecule has 4 aromatic rings. The van der Waals surface area contributed by atoms with Gasteiger partial charge in [-0.15, -0.1) is 0 Å². The molecular formula is C27H24N4O2. The van der Waals surface area contributed by atoms with E-state index in [1.807, 2.05) is 94.6 Å². The van der Waals surface area contributed by atoms with E-state index in [4.69, 9.17) is 9.84 Å². The van der Waals surface area contributed by atoms with Crippen molar-refractivity contribution in [2.75, 3.05) is 12.4 Å². The number of benzene rings is 3. The molecule has 2 heterocycles. The molecule has 6 nitrogen and oxygen atoms in total. The van der Waals surface area contributed by atoms with Crippen LogP contribution in [0.25, 0.3) is 16.9 Å². The molecule has 2 aliphatic rings. The Morgan fingerprint density at radius 3 is 2.36 bits per heavy atom. The Labute approximate surface area is 192 Å². The van der Waals surface area contributed by atoms with Crippen molar-refractivity contribution in [3.8, 4) is 22.7 Å². The molecule has 1 aliphatic heterocycles. The first-order chi connectivity index (χ1) is 16.2. The molecule has 3 aromatic carbocycles. The molecule has 0 saturated heterocycles. The van der Waals surface area contributed by atoms with Gasteiger partial charge in [0.15, 0.2) is 0 Å². The maximum absolute atomic E-state index is 13.6. The second-order valence-electron chi connectivity index (χ2n) is 8.45. The molecule has 0 spiro atoms. The molecule has 1 N–H and O–H groups in total. The van der Waals surface area contributed by atoms with E-state index >= 15 is 0 Å². The fraction of sp³-hybridized carbons (Fsp3) is 0.185. The molecule has 1 saturated carbocycles. The maximum atomic E-state index is 13.6. The van der Waals surface area contributed by atoms with Crippen molar-refractivity contribution >= 4 is 11.6 Å². The number of fused-ring (bicyclic) bond motifs is 1. The molecule has 1 amide bonds. The quantitative estimate of drug-likeness (QED) is 0.463. The van der Waals surface area contributed by atoms with E-state index in [2.05, 4.69) is 5.32 Å². The van der Waals surface area contributed by atoms with Crippen LogP contribution in [0, 0.1) is 0 Å². The SMILES string of the molecule is COc1ccccc1-c1nn(-c2ccccc2)cc1[C@@H]1Nc2ccccc2C(=O)N1C1CC1. The molecular weight excluding hydrogens is 412 g/mol. The van der Waals surface area contributed by atoms with E-state index < -0.39 is 0 Å². The average Bonchev–Trinajstić information content (AvgIpc) is 3.61. The minimum absolute atomic E-state index is 0.0651. The van der Waals surface area contributed by atoms with Gasteiger partial charge in [0.05, 0.1) is 18.4 Å². The van der Waals surface area contributed by atoms with Crippen molar-refractivity contribution in [1.29, 1.82) is 0 Å². The highest BCUT2D eigenvalue weighted by molar-refractivity contribution is 6.02. The maximum Gasteiger partial charge on any atom is 0.258 e. The van der Waals surface area contributed by atoms with Crippen LogP contribution in [0.5, 0.6) is 5.75 Å². The predicted molar refractivity (Wildman–Crippen MR) is 128 cm³/mol. The smallest absolute Gasteiger partial charge is 0.258 e. The normalized spacial score (nSPS) is 17.4. The Morgan fingerprint density at radius 1 is 0.909 bits per heavy atom. The van der Waals surface area contributed by atoms with Gasteiger partial charge in [0.2, 0.25) is 0 Å². The van der Waals surface area contributed by atoms with Crippen molar-refractivity contribution in [3.63, 3.8) is 0 Å². The third kappa shape index (κ3) is 3.35. The zero-order valence-electron chi connectivity index (χ0n) is 18.3. The first-order valence-corrected chi connectivity index (χ1v) is 11.2. The largest absolute Gasteiger partial charge is 0.496 e. The zero-order valence-corrected chi connectivity index (χ0v) is 18.3. The molecule has 33 heavy (non-hydrogen) atoms. The van der Waals surface area contributed by atoms with Gasteiger partial charge < -0.3 is 15.0 Å². The minimum atomic E-state index is -0.322. The van der Waals surface area contributed by atoms with Crippen LogP contribution in [0.4, 0.5) is 5.69 Å². The number of carbonyl (C=O) groups is 1. The second-order valence-corrected chi connectivity index (χ2v) is 8.45. The van der Waals surface area contributed by atoms with Crippen molar-refractivity contribution in [3.05, 3.63) is 96.2 Å². The summed E-state index contributed by atoms with van der Waals surface area (Å²) in [6, 6.07) is 25.9. The fourth-order valence-electron chi connectivity index (χ4n) is 4.58. The van der Waals surface area contributed by atoms with Gasteiger partial charge in [-0.2, -0.15) is 5.10 Å². The molecule has 0 radical (unpaired) electrons. The number of rotatable bonds is 5. The first-order valence-electron chi connectivity index (χ1n) is 11.2. The van der Waals surface area contributed by atoms with E-state index in [1.165, 1.54) is 0 Å². The number of aromatic nitrogens is 2. The summed E-state index contributed by atoms with van der Waals surface area (Å²) in [6.07, 6.45) is 3.74. The Kier molecular flexibility index (Phi) is 4.64. The molecule has 1 aromatic heterocycles. The second kappa shape index (κ2) is 7.81. The molecule has 6 rings (SSSR count). The van der Waals surface area contributed by atoms with Crippen LogP contribution in [0.3, 0.4) is 0 Å². The highest BCUT2D eigenvalue weighted by Gasteiger charge is 2.43. The van der Waals surface area contributed by atoms with Crippen molar-refractivity contribution in [1.82, 2.24) is 14.7 Å². The van der Waals surface area contributed by atoms with E-state index in [0.29, 0.717) is 0 Å². The Balaban J connectivity index is 1.55. The minimum Gasteiger partial charge on any atom is -0.496 e. The Bertz CT molecular complexity index is 1330. The van der Waals surface area contributed by atoms with Gasteiger partial charge in [-0.25, -0.2) is 4.68 Å². The van der Waals surface area contributed by atoms with Gasteiger partial charge in [-0.3, -0.25) is 4.79 Å². The van der Waals surface area contributed by atoms with Crippen LogP contribution in [0.2, 0.25) is 0 Å². The summed E-state index contributed by atoms with van der Waals surface area (Å²) in [6.45, 7) is 0. The third-order valence-corrected chi connectivity index (χ3v) is 6.32. The summed E-state index contributed by atoms with van der Waals surface area (Å²) in [5.41, 5.74) is 5.16. The molecule has 1 atom stereocenters. The lowest BCUT2D eigenvalue weighted by Crippen LogP contribution is -2.44. The van der Waals surface area contributed by atoms with Gasteiger partial charge in [0.1, 0.15) is 17.6 Å². The average molecular weight is 437 g/mol. The van der Waals surface area contributed by atoms with E-state index in [0.717, 1.165) is 52.4 Å². The number of carbonyl (C=O) groups excluding carboxylic acids is 1.